The summed E-state index contributed by atoms with van der Waals surface area (Å²) in [5.41, 5.74) is 1.16. The Bertz CT molecular complexity index is 433. The van der Waals surface area contributed by atoms with Crippen LogP contribution in [0.1, 0.15) is 5.56 Å². The average Bonchev–Trinajstić information content (AvgIpc) is 2.48. The van der Waals surface area contributed by atoms with Gasteiger partial charge in [-0.3, -0.25) is 0 Å². The van der Waals surface area contributed by atoms with Crippen LogP contribution in [0, 0.1) is 10.5 Å². The fraction of sp³-hybridized carbons (Fsp3) is 0.111. The van der Waals surface area contributed by atoms with E-state index in [4.69, 9.17) is 11.6 Å². The molecular formula is C9H6ClIS. The van der Waals surface area contributed by atoms with E-state index in [-0.39, 0.29) is 0 Å². The van der Waals surface area contributed by atoms with Crippen molar-refractivity contribution in [3.8, 4) is 0 Å². The molecule has 3 heteroatoms. The van der Waals surface area contributed by atoms with Gasteiger partial charge in [0.15, 0.2) is 0 Å². The molecule has 0 aliphatic carbocycles. The van der Waals surface area contributed by atoms with Gasteiger partial charge in [0, 0.05) is 13.7 Å². The van der Waals surface area contributed by atoms with Gasteiger partial charge in [-0.25, -0.2) is 0 Å². The molecule has 2 aromatic rings. The Balaban J connectivity index is 2.94. The van der Waals surface area contributed by atoms with Crippen LogP contribution < -0.4 is 0 Å². The number of hydrogen-bond acceptors (Lipinski definition) is 1. The van der Waals surface area contributed by atoms with Crippen molar-refractivity contribution in [2.24, 2.45) is 0 Å². The molecular weight excluding hydrogens is 303 g/mol. The molecule has 0 saturated carbocycles. The predicted octanol–water partition coefficient (Wildman–Crippen LogP) is 4.47. The lowest BCUT2D eigenvalue weighted by molar-refractivity contribution is 1.50. The van der Waals surface area contributed by atoms with Crippen LogP contribution in [0.5, 0.6) is 0 Å². The van der Waals surface area contributed by atoms with Crippen molar-refractivity contribution >= 4 is 55.6 Å². The zero-order valence-electron chi connectivity index (χ0n) is 6.40. The normalized spacial score (nSPS) is 10.9. The summed E-state index contributed by atoms with van der Waals surface area (Å²) in [5, 5.41) is 4.26. The number of rotatable bonds is 0. The molecule has 0 aliphatic rings. The van der Waals surface area contributed by atoms with Gasteiger partial charge in [-0.15, -0.1) is 11.3 Å². The van der Waals surface area contributed by atoms with Crippen molar-refractivity contribution in [3.05, 3.63) is 31.7 Å². The third kappa shape index (κ3) is 1.26. The molecule has 0 bridgehead atoms. The third-order valence-electron chi connectivity index (χ3n) is 1.82. The van der Waals surface area contributed by atoms with Crippen molar-refractivity contribution in [2.75, 3.05) is 0 Å². The van der Waals surface area contributed by atoms with Crippen LogP contribution in [0.25, 0.3) is 10.1 Å². The monoisotopic (exact) mass is 308 g/mol. The Hall–Kier alpha value is 0.200. The van der Waals surface area contributed by atoms with E-state index in [0.29, 0.717) is 0 Å². The zero-order chi connectivity index (χ0) is 8.72. The quantitative estimate of drug-likeness (QED) is 0.630. The topological polar surface area (TPSA) is 0 Å². The van der Waals surface area contributed by atoms with Gasteiger partial charge in [0.05, 0.1) is 5.02 Å². The molecule has 0 unspecified atom stereocenters. The zero-order valence-corrected chi connectivity index (χ0v) is 10.1. The summed E-state index contributed by atoms with van der Waals surface area (Å²) in [6.07, 6.45) is 0. The molecule has 1 aromatic carbocycles. The van der Waals surface area contributed by atoms with E-state index in [1.54, 1.807) is 11.3 Å². The lowest BCUT2D eigenvalue weighted by atomic mass is 10.2. The number of benzene rings is 1. The number of thiophene rings is 1. The van der Waals surface area contributed by atoms with Crippen LogP contribution in [0.4, 0.5) is 0 Å². The van der Waals surface area contributed by atoms with Crippen LogP contribution in [-0.2, 0) is 0 Å². The Morgan fingerprint density at radius 2 is 2.25 bits per heavy atom. The average molecular weight is 309 g/mol. The summed E-state index contributed by atoms with van der Waals surface area (Å²) < 4.78 is 2.49. The first-order valence-electron chi connectivity index (χ1n) is 3.52. The smallest absolute Gasteiger partial charge is 0.0575 e. The van der Waals surface area contributed by atoms with Gasteiger partial charge in [0.2, 0.25) is 0 Å². The van der Waals surface area contributed by atoms with Crippen LogP contribution in [0.2, 0.25) is 5.02 Å². The van der Waals surface area contributed by atoms with E-state index in [9.17, 15) is 0 Å². The van der Waals surface area contributed by atoms with Crippen LogP contribution in [-0.4, -0.2) is 0 Å². The molecule has 0 spiro atoms. The number of halogens is 2. The molecule has 0 fully saturated rings. The highest BCUT2D eigenvalue weighted by Gasteiger charge is 2.06. The molecule has 0 N–H and O–H groups in total. The maximum atomic E-state index is 6.11. The maximum absolute atomic E-state index is 6.11. The first kappa shape index (κ1) is 8.78. The Kier molecular flexibility index (Phi) is 2.31. The highest BCUT2D eigenvalue weighted by molar-refractivity contribution is 14.1. The number of hydrogen-bond donors (Lipinski definition) is 0. The van der Waals surface area contributed by atoms with Gasteiger partial charge >= 0.3 is 0 Å². The van der Waals surface area contributed by atoms with Gasteiger partial charge in [0.1, 0.15) is 0 Å². The summed E-state index contributed by atoms with van der Waals surface area (Å²) in [5.74, 6) is 0. The molecule has 0 atom stereocenters. The SMILES string of the molecule is Cc1cc2sccc2c(I)c1Cl. The summed E-state index contributed by atoms with van der Waals surface area (Å²) in [4.78, 5) is 0. The largest absolute Gasteiger partial charge is 0.144 e. The fourth-order valence-corrected chi connectivity index (χ4v) is 3.29. The predicted molar refractivity (Wildman–Crippen MR) is 64.3 cm³/mol. The first-order chi connectivity index (χ1) is 5.70. The van der Waals surface area contributed by atoms with Crippen molar-refractivity contribution in [2.45, 2.75) is 6.92 Å². The summed E-state index contributed by atoms with van der Waals surface area (Å²) in [7, 11) is 0. The van der Waals surface area contributed by atoms with Crippen molar-refractivity contribution in [1.29, 1.82) is 0 Å². The second-order valence-electron chi connectivity index (χ2n) is 2.65. The van der Waals surface area contributed by atoms with E-state index < -0.39 is 0 Å². The van der Waals surface area contributed by atoms with Gasteiger partial charge in [-0.05, 0) is 52.6 Å². The summed E-state index contributed by atoms with van der Waals surface area (Å²) >= 11 is 10.2. The van der Waals surface area contributed by atoms with Crippen molar-refractivity contribution < 1.29 is 0 Å². The number of aryl methyl sites for hydroxylation is 1. The molecule has 0 saturated heterocycles. The molecule has 0 nitrogen and oxygen atoms in total. The van der Waals surface area contributed by atoms with E-state index in [0.717, 1.165) is 10.6 Å². The molecule has 12 heavy (non-hydrogen) atoms. The van der Waals surface area contributed by atoms with Crippen LogP contribution >= 0.6 is 45.5 Å². The molecule has 2 rings (SSSR count). The minimum atomic E-state index is 0.890. The molecule has 0 radical (unpaired) electrons. The standard InChI is InChI=1S/C9H6ClIS/c1-5-4-7-6(2-3-12-7)9(11)8(5)10/h2-4H,1H3. The Morgan fingerprint density at radius 1 is 1.50 bits per heavy atom. The second kappa shape index (κ2) is 3.16. The van der Waals surface area contributed by atoms with Crippen LogP contribution in [0.15, 0.2) is 17.5 Å². The second-order valence-corrected chi connectivity index (χ2v) is 5.06. The van der Waals surface area contributed by atoms with Gasteiger partial charge in [0.25, 0.3) is 0 Å². The fourth-order valence-electron chi connectivity index (χ4n) is 1.17. The van der Waals surface area contributed by atoms with E-state index in [1.165, 1.54) is 13.7 Å². The Labute approximate surface area is 93.7 Å². The molecule has 0 aliphatic heterocycles. The highest BCUT2D eigenvalue weighted by Crippen LogP contribution is 2.33. The molecule has 62 valence electrons. The number of fused-ring (bicyclic) bond motifs is 1. The van der Waals surface area contributed by atoms with E-state index in [1.807, 2.05) is 6.92 Å². The highest BCUT2D eigenvalue weighted by atomic mass is 127. The van der Waals surface area contributed by atoms with E-state index in [2.05, 4.69) is 40.1 Å². The lowest BCUT2D eigenvalue weighted by Gasteiger charge is -2.01. The minimum absolute atomic E-state index is 0.890. The molecule has 1 aromatic heterocycles. The van der Waals surface area contributed by atoms with Gasteiger partial charge < -0.3 is 0 Å². The third-order valence-corrected chi connectivity index (χ3v) is 4.61. The lowest BCUT2D eigenvalue weighted by Crippen LogP contribution is -1.80. The van der Waals surface area contributed by atoms with E-state index >= 15 is 0 Å². The molecule has 1 heterocycles. The Morgan fingerprint density at radius 3 is 3.00 bits per heavy atom. The van der Waals surface area contributed by atoms with Gasteiger partial charge in [-0.1, -0.05) is 11.6 Å². The minimum Gasteiger partial charge on any atom is -0.144 e. The van der Waals surface area contributed by atoms with Crippen molar-refractivity contribution in [1.82, 2.24) is 0 Å². The summed E-state index contributed by atoms with van der Waals surface area (Å²) in [6, 6.07) is 4.26. The van der Waals surface area contributed by atoms with Crippen molar-refractivity contribution in [3.63, 3.8) is 0 Å². The maximum Gasteiger partial charge on any atom is 0.0575 e. The van der Waals surface area contributed by atoms with Crippen LogP contribution in [0.3, 0.4) is 0 Å². The molecule has 0 amide bonds. The van der Waals surface area contributed by atoms with Gasteiger partial charge in [-0.2, -0.15) is 0 Å². The first-order valence-corrected chi connectivity index (χ1v) is 5.85. The summed E-state index contributed by atoms with van der Waals surface area (Å²) in [6.45, 7) is 2.05.